The number of aliphatic hydroxyl groups excluding tert-OH is 1. The molecule has 0 saturated carbocycles. The van der Waals surface area contributed by atoms with E-state index < -0.39 is 23.5 Å². The Bertz CT molecular complexity index is 1090. The monoisotopic (exact) mass is 405 g/mol. The molecule has 1 aliphatic rings. The number of amides is 1. The third-order valence-corrected chi connectivity index (χ3v) is 4.74. The van der Waals surface area contributed by atoms with Gasteiger partial charge in [0.2, 0.25) is 5.78 Å². The highest BCUT2D eigenvalue weighted by molar-refractivity contribution is 6.14. The zero-order valence-corrected chi connectivity index (χ0v) is 16.0. The molecule has 1 N–H and O–H groups in total. The minimum Gasteiger partial charge on any atom is -0.503 e. The summed E-state index contributed by atoms with van der Waals surface area (Å²) in [6, 6.07) is 12.7. The summed E-state index contributed by atoms with van der Waals surface area (Å²) in [5.41, 5.74) is 0.554. The zero-order chi connectivity index (χ0) is 21.1. The fourth-order valence-electron chi connectivity index (χ4n) is 3.44. The number of Topliss-reactive ketones (excluding diaryl/α,β-unsaturated/α-hetero) is 1. The van der Waals surface area contributed by atoms with E-state index in [2.05, 4.69) is 6.58 Å². The number of hydrogen-bond donors (Lipinski definition) is 1. The maximum Gasteiger partial charge on any atom is 0.290 e. The third kappa shape index (κ3) is 3.53. The van der Waals surface area contributed by atoms with Gasteiger partial charge < -0.3 is 23.6 Å². The van der Waals surface area contributed by atoms with Crippen molar-refractivity contribution in [1.82, 2.24) is 4.90 Å². The minimum atomic E-state index is -0.840. The summed E-state index contributed by atoms with van der Waals surface area (Å²) in [6.45, 7) is 4.01. The van der Waals surface area contributed by atoms with E-state index in [0.29, 0.717) is 23.7 Å². The Labute approximate surface area is 172 Å². The molecule has 30 heavy (non-hydrogen) atoms. The number of rotatable bonds is 8. The summed E-state index contributed by atoms with van der Waals surface area (Å²) in [7, 11) is 0. The first kappa shape index (κ1) is 19.3. The Hall–Kier alpha value is -4.00. The summed E-state index contributed by atoms with van der Waals surface area (Å²) < 4.78 is 16.2. The lowest BCUT2D eigenvalue weighted by Crippen LogP contribution is -2.30. The summed E-state index contributed by atoms with van der Waals surface area (Å²) in [6.07, 6.45) is 4.48. The fourth-order valence-corrected chi connectivity index (χ4v) is 3.44. The van der Waals surface area contributed by atoms with Gasteiger partial charge in [-0.15, -0.1) is 0 Å². The highest BCUT2D eigenvalue weighted by Gasteiger charge is 2.44. The van der Waals surface area contributed by atoms with Crippen molar-refractivity contribution in [1.29, 1.82) is 0 Å². The first-order valence-electron chi connectivity index (χ1n) is 9.28. The van der Waals surface area contributed by atoms with Crippen LogP contribution < -0.4 is 4.74 Å². The van der Waals surface area contributed by atoms with Crippen LogP contribution in [0.2, 0.25) is 0 Å². The maximum absolute atomic E-state index is 13.1. The molecule has 1 atom stereocenters. The van der Waals surface area contributed by atoms with E-state index in [4.69, 9.17) is 13.6 Å². The van der Waals surface area contributed by atoms with Crippen molar-refractivity contribution >= 4 is 11.7 Å². The molecule has 0 bridgehead atoms. The van der Waals surface area contributed by atoms with E-state index >= 15 is 0 Å². The van der Waals surface area contributed by atoms with Crippen LogP contribution >= 0.6 is 0 Å². The van der Waals surface area contributed by atoms with E-state index in [1.54, 1.807) is 48.5 Å². The van der Waals surface area contributed by atoms with Crippen molar-refractivity contribution in [2.45, 2.75) is 12.6 Å². The average Bonchev–Trinajstić information content (AvgIpc) is 3.51. The van der Waals surface area contributed by atoms with Gasteiger partial charge in [-0.3, -0.25) is 9.59 Å². The van der Waals surface area contributed by atoms with Gasteiger partial charge in [-0.05, 0) is 42.0 Å². The van der Waals surface area contributed by atoms with E-state index in [0.717, 1.165) is 0 Å². The number of carbonyl (C=O) groups is 2. The number of carbonyl (C=O) groups excluding carboxylic acids is 2. The van der Waals surface area contributed by atoms with Crippen LogP contribution in [0.3, 0.4) is 0 Å². The summed E-state index contributed by atoms with van der Waals surface area (Å²) in [4.78, 5) is 27.4. The number of ether oxygens (including phenoxy) is 1. The van der Waals surface area contributed by atoms with Crippen LogP contribution in [-0.4, -0.2) is 28.3 Å². The molecule has 0 fully saturated rings. The molecule has 0 unspecified atom stereocenters. The predicted octanol–water partition coefficient (Wildman–Crippen LogP) is 4.22. The third-order valence-electron chi connectivity index (χ3n) is 4.74. The zero-order valence-electron chi connectivity index (χ0n) is 16.0. The lowest BCUT2D eigenvalue weighted by molar-refractivity contribution is -0.130. The molecule has 0 aliphatic carbocycles. The first-order valence-corrected chi connectivity index (χ1v) is 9.28. The van der Waals surface area contributed by atoms with Crippen molar-refractivity contribution < 1.29 is 28.3 Å². The molecule has 0 radical (unpaired) electrons. The standard InChI is InChI=1S/C23H19NO6/c1-2-10-28-16-7-3-6-15(13-16)20-19(21(25)18-9-5-12-30-18)22(26)23(27)24(20)14-17-8-4-11-29-17/h2-9,11-13,20,26H,1,10,14H2/t20-/m1/s1. The molecule has 152 valence electrons. The van der Waals surface area contributed by atoms with Crippen LogP contribution in [0.5, 0.6) is 5.75 Å². The van der Waals surface area contributed by atoms with Crippen molar-refractivity contribution in [2.75, 3.05) is 6.61 Å². The fraction of sp³-hybridized carbons (Fsp3) is 0.130. The lowest BCUT2D eigenvalue weighted by Gasteiger charge is -2.26. The number of hydrogen-bond acceptors (Lipinski definition) is 6. The topological polar surface area (TPSA) is 93.1 Å². The van der Waals surface area contributed by atoms with Crippen molar-refractivity contribution in [3.05, 3.63) is 102 Å². The SMILES string of the molecule is C=CCOc1cccc([C@@H]2C(C(=O)c3ccco3)=C(O)C(=O)N2Cc2ccco2)c1. The molecule has 1 amide bonds. The summed E-state index contributed by atoms with van der Waals surface area (Å²) in [5, 5.41) is 10.6. The second kappa shape index (κ2) is 8.16. The second-order valence-electron chi connectivity index (χ2n) is 6.66. The van der Waals surface area contributed by atoms with Crippen LogP contribution in [0.25, 0.3) is 0 Å². The predicted molar refractivity (Wildman–Crippen MR) is 107 cm³/mol. The molecule has 7 heteroatoms. The van der Waals surface area contributed by atoms with Crippen molar-refractivity contribution in [2.24, 2.45) is 0 Å². The minimum absolute atomic E-state index is 0.0354. The van der Waals surface area contributed by atoms with Crippen LogP contribution in [0.15, 0.2) is 93.9 Å². The Morgan fingerprint density at radius 3 is 2.67 bits per heavy atom. The van der Waals surface area contributed by atoms with Gasteiger partial charge in [0, 0.05) is 0 Å². The number of aliphatic hydroxyl groups is 1. The summed E-state index contributed by atoms with van der Waals surface area (Å²) >= 11 is 0. The molecule has 7 nitrogen and oxygen atoms in total. The molecular formula is C23H19NO6. The lowest BCUT2D eigenvalue weighted by atomic mass is 9.95. The molecule has 1 aromatic carbocycles. The molecule has 2 aromatic heterocycles. The molecule has 0 saturated heterocycles. The van der Waals surface area contributed by atoms with Gasteiger partial charge in [0.05, 0.1) is 30.7 Å². The van der Waals surface area contributed by atoms with Gasteiger partial charge >= 0.3 is 0 Å². The Balaban J connectivity index is 1.78. The number of furan rings is 2. The van der Waals surface area contributed by atoms with Gasteiger partial charge in [-0.1, -0.05) is 24.8 Å². The quantitative estimate of drug-likeness (QED) is 0.446. The van der Waals surface area contributed by atoms with E-state index in [9.17, 15) is 14.7 Å². The van der Waals surface area contributed by atoms with Crippen LogP contribution in [0.4, 0.5) is 0 Å². The Morgan fingerprint density at radius 1 is 1.17 bits per heavy atom. The molecule has 4 rings (SSSR count). The van der Waals surface area contributed by atoms with E-state index in [-0.39, 0.29) is 17.9 Å². The van der Waals surface area contributed by atoms with Gasteiger partial charge in [-0.25, -0.2) is 0 Å². The van der Waals surface area contributed by atoms with Gasteiger partial charge in [0.1, 0.15) is 18.1 Å². The Kier molecular flexibility index (Phi) is 5.26. The highest BCUT2D eigenvalue weighted by Crippen LogP contribution is 2.40. The van der Waals surface area contributed by atoms with Crippen molar-refractivity contribution in [3.63, 3.8) is 0 Å². The molecule has 3 aromatic rings. The van der Waals surface area contributed by atoms with Crippen LogP contribution in [-0.2, 0) is 11.3 Å². The number of ketones is 1. The van der Waals surface area contributed by atoms with Crippen molar-refractivity contribution in [3.8, 4) is 5.75 Å². The Morgan fingerprint density at radius 2 is 1.97 bits per heavy atom. The highest BCUT2D eigenvalue weighted by atomic mass is 16.5. The molecular weight excluding hydrogens is 386 g/mol. The number of nitrogens with zero attached hydrogens (tertiary/aromatic N) is 1. The van der Waals surface area contributed by atoms with Gasteiger partial charge in [0.15, 0.2) is 11.5 Å². The van der Waals surface area contributed by atoms with Crippen LogP contribution in [0, 0.1) is 0 Å². The normalized spacial score (nSPS) is 16.2. The molecule has 0 spiro atoms. The molecule has 1 aliphatic heterocycles. The first-order chi connectivity index (χ1) is 14.6. The maximum atomic E-state index is 13.1. The largest absolute Gasteiger partial charge is 0.503 e. The molecule has 3 heterocycles. The van der Waals surface area contributed by atoms with Gasteiger partial charge in [-0.2, -0.15) is 0 Å². The van der Waals surface area contributed by atoms with E-state index in [1.165, 1.54) is 23.5 Å². The van der Waals surface area contributed by atoms with E-state index in [1.807, 2.05) is 0 Å². The number of benzene rings is 1. The second-order valence-corrected chi connectivity index (χ2v) is 6.66. The average molecular weight is 405 g/mol. The summed E-state index contributed by atoms with van der Waals surface area (Å²) in [5.74, 6) is -0.724. The smallest absolute Gasteiger partial charge is 0.290 e. The van der Waals surface area contributed by atoms with Crippen LogP contribution in [0.1, 0.15) is 27.9 Å². The van der Waals surface area contributed by atoms with Gasteiger partial charge in [0.25, 0.3) is 5.91 Å².